The molecular weight excluding hydrogens is 210 g/mol. The third-order valence-electron chi connectivity index (χ3n) is 2.54. The molecule has 1 heterocycles. The number of anilines is 1. The fraction of sp³-hybridized carbons (Fsp3) is 0.400. The molecule has 15 heavy (non-hydrogen) atoms. The second kappa shape index (κ2) is 3.40. The first-order valence-electron chi connectivity index (χ1n) is 4.59. The zero-order valence-corrected chi connectivity index (χ0v) is 7.74. The summed E-state index contributed by atoms with van der Waals surface area (Å²) in [7, 11) is 0. The molecule has 1 aliphatic rings. The van der Waals surface area contributed by atoms with Gasteiger partial charge in [0.1, 0.15) is 5.82 Å². The monoisotopic (exact) mass is 219 g/mol. The van der Waals surface area contributed by atoms with E-state index in [0.717, 1.165) is 6.07 Å². The summed E-state index contributed by atoms with van der Waals surface area (Å²) in [5, 5.41) is 2.77. The van der Waals surface area contributed by atoms with Gasteiger partial charge in [-0.3, -0.25) is 0 Å². The molecule has 1 aliphatic heterocycles. The van der Waals surface area contributed by atoms with E-state index in [1.165, 1.54) is 12.1 Å². The maximum absolute atomic E-state index is 13.3. The molecule has 2 rings (SSSR count). The van der Waals surface area contributed by atoms with Crippen LogP contribution in [0.15, 0.2) is 18.2 Å². The lowest BCUT2D eigenvalue weighted by atomic mass is 9.90. The van der Waals surface area contributed by atoms with Crippen molar-refractivity contribution in [1.82, 2.24) is 0 Å². The molecule has 0 amide bonds. The normalized spacial score (nSPS) is 20.7. The molecule has 1 atom stereocenters. The van der Waals surface area contributed by atoms with Crippen molar-refractivity contribution in [2.24, 2.45) is 0 Å². The van der Waals surface area contributed by atoms with Gasteiger partial charge in [0.05, 0.1) is 5.92 Å². The van der Waals surface area contributed by atoms with E-state index in [4.69, 9.17) is 0 Å². The van der Waals surface area contributed by atoms with Crippen LogP contribution >= 0.6 is 0 Å². The number of alkyl halides is 3. The number of benzene rings is 1. The maximum Gasteiger partial charge on any atom is 0.395 e. The minimum atomic E-state index is -4.38. The summed E-state index contributed by atoms with van der Waals surface area (Å²) >= 11 is 0. The van der Waals surface area contributed by atoms with Crippen LogP contribution in [0.4, 0.5) is 23.2 Å². The van der Waals surface area contributed by atoms with Gasteiger partial charge < -0.3 is 5.32 Å². The van der Waals surface area contributed by atoms with E-state index in [9.17, 15) is 17.6 Å². The van der Waals surface area contributed by atoms with Gasteiger partial charge in [0.15, 0.2) is 0 Å². The topological polar surface area (TPSA) is 12.0 Å². The highest BCUT2D eigenvalue weighted by Gasteiger charge is 2.44. The molecule has 0 saturated carbocycles. The van der Waals surface area contributed by atoms with Gasteiger partial charge in [-0.05, 0) is 18.6 Å². The molecule has 1 nitrogen and oxygen atoms in total. The van der Waals surface area contributed by atoms with Crippen LogP contribution in [0.3, 0.4) is 0 Å². The van der Waals surface area contributed by atoms with Gasteiger partial charge in [-0.2, -0.15) is 13.2 Å². The highest BCUT2D eigenvalue weighted by atomic mass is 19.4. The van der Waals surface area contributed by atoms with Gasteiger partial charge in [0, 0.05) is 17.8 Å². The van der Waals surface area contributed by atoms with E-state index in [1.807, 2.05) is 0 Å². The molecule has 0 aliphatic carbocycles. The largest absolute Gasteiger partial charge is 0.395 e. The van der Waals surface area contributed by atoms with Crippen LogP contribution in [0.2, 0.25) is 0 Å². The summed E-state index contributed by atoms with van der Waals surface area (Å²) in [6.07, 6.45) is -4.49. The highest BCUT2D eigenvalue weighted by Crippen LogP contribution is 2.43. The van der Waals surface area contributed by atoms with Crippen LogP contribution < -0.4 is 5.32 Å². The summed E-state index contributed by atoms with van der Waals surface area (Å²) in [4.78, 5) is 0. The van der Waals surface area contributed by atoms with E-state index < -0.39 is 17.9 Å². The standard InChI is InChI=1S/C10H9F4N/c11-7-2-1-3-8-9(7)6(4-5-15-8)10(12,13)14/h1-3,6,15H,4-5H2. The summed E-state index contributed by atoms with van der Waals surface area (Å²) in [6.45, 7) is 0.223. The molecule has 0 aromatic heterocycles. The SMILES string of the molecule is Fc1cccc2c1C(C(F)(F)F)CCN2. The third kappa shape index (κ3) is 1.78. The Hall–Kier alpha value is -1.26. The van der Waals surface area contributed by atoms with Crippen LogP contribution in [0.25, 0.3) is 0 Å². The molecule has 0 radical (unpaired) electrons. The number of hydrogen-bond donors (Lipinski definition) is 1. The predicted octanol–water partition coefficient (Wildman–Crippen LogP) is 3.29. The maximum atomic E-state index is 13.3. The van der Waals surface area contributed by atoms with Crippen molar-refractivity contribution in [2.75, 3.05) is 11.9 Å². The zero-order chi connectivity index (χ0) is 11.1. The summed E-state index contributed by atoms with van der Waals surface area (Å²) in [6, 6.07) is 3.93. The minimum absolute atomic E-state index is 0.114. The van der Waals surface area contributed by atoms with Crippen molar-refractivity contribution in [2.45, 2.75) is 18.5 Å². The molecule has 0 bridgehead atoms. The lowest BCUT2D eigenvalue weighted by Gasteiger charge is -2.28. The Morgan fingerprint density at radius 2 is 2.00 bits per heavy atom. The average molecular weight is 219 g/mol. The molecule has 1 N–H and O–H groups in total. The predicted molar refractivity (Wildman–Crippen MR) is 48.3 cm³/mol. The molecule has 1 aromatic carbocycles. The van der Waals surface area contributed by atoms with Crippen LogP contribution in [-0.4, -0.2) is 12.7 Å². The average Bonchev–Trinajstić information content (AvgIpc) is 2.16. The fourth-order valence-corrected chi connectivity index (χ4v) is 1.87. The Morgan fingerprint density at radius 3 is 2.67 bits per heavy atom. The quantitative estimate of drug-likeness (QED) is 0.660. The molecule has 0 fully saturated rings. The van der Waals surface area contributed by atoms with Crippen LogP contribution in [0.5, 0.6) is 0 Å². The number of nitrogens with one attached hydrogen (secondary N) is 1. The number of halogens is 4. The number of hydrogen-bond acceptors (Lipinski definition) is 1. The zero-order valence-electron chi connectivity index (χ0n) is 7.74. The Kier molecular flexibility index (Phi) is 2.32. The molecule has 1 aromatic rings. The second-order valence-corrected chi connectivity index (χ2v) is 3.51. The number of fused-ring (bicyclic) bond motifs is 1. The third-order valence-corrected chi connectivity index (χ3v) is 2.54. The summed E-state index contributed by atoms with van der Waals surface area (Å²) in [5.74, 6) is -2.48. The van der Waals surface area contributed by atoms with Gasteiger partial charge >= 0.3 is 6.18 Å². The minimum Gasteiger partial charge on any atom is -0.385 e. The molecule has 5 heteroatoms. The van der Waals surface area contributed by atoms with Gasteiger partial charge in [-0.25, -0.2) is 4.39 Å². The van der Waals surface area contributed by atoms with E-state index in [-0.39, 0.29) is 24.2 Å². The van der Waals surface area contributed by atoms with Crippen LogP contribution in [-0.2, 0) is 0 Å². The van der Waals surface area contributed by atoms with Crippen molar-refractivity contribution in [3.05, 3.63) is 29.6 Å². The van der Waals surface area contributed by atoms with Crippen molar-refractivity contribution < 1.29 is 17.6 Å². The highest BCUT2D eigenvalue weighted by molar-refractivity contribution is 5.55. The van der Waals surface area contributed by atoms with Gasteiger partial charge in [-0.1, -0.05) is 6.07 Å². The lowest BCUT2D eigenvalue weighted by molar-refractivity contribution is -0.152. The van der Waals surface area contributed by atoms with Crippen molar-refractivity contribution in [3.8, 4) is 0 Å². The fourth-order valence-electron chi connectivity index (χ4n) is 1.87. The van der Waals surface area contributed by atoms with Gasteiger partial charge in [-0.15, -0.1) is 0 Å². The first-order chi connectivity index (χ1) is 7.00. The Labute approximate surface area is 84.1 Å². The van der Waals surface area contributed by atoms with Crippen molar-refractivity contribution in [1.29, 1.82) is 0 Å². The molecule has 0 spiro atoms. The van der Waals surface area contributed by atoms with Gasteiger partial charge in [0.2, 0.25) is 0 Å². The lowest BCUT2D eigenvalue weighted by Crippen LogP contribution is -2.29. The molecule has 0 saturated heterocycles. The van der Waals surface area contributed by atoms with Gasteiger partial charge in [0.25, 0.3) is 0 Å². The molecular formula is C10H9F4N. The first kappa shape index (κ1) is 10.3. The van der Waals surface area contributed by atoms with E-state index >= 15 is 0 Å². The molecule has 82 valence electrons. The molecule has 1 unspecified atom stereocenters. The van der Waals surface area contributed by atoms with Crippen LogP contribution in [0.1, 0.15) is 17.9 Å². The van der Waals surface area contributed by atoms with E-state index in [0.29, 0.717) is 0 Å². The van der Waals surface area contributed by atoms with E-state index in [1.54, 1.807) is 0 Å². The summed E-state index contributed by atoms with van der Waals surface area (Å²) < 4.78 is 51.1. The Morgan fingerprint density at radius 1 is 1.27 bits per heavy atom. The smallest absolute Gasteiger partial charge is 0.385 e. The Balaban J connectivity index is 2.50. The number of rotatable bonds is 0. The van der Waals surface area contributed by atoms with Crippen LogP contribution in [0, 0.1) is 5.82 Å². The second-order valence-electron chi connectivity index (χ2n) is 3.51. The van der Waals surface area contributed by atoms with E-state index in [2.05, 4.69) is 5.32 Å². The van der Waals surface area contributed by atoms with Crippen molar-refractivity contribution in [3.63, 3.8) is 0 Å². The summed E-state index contributed by atoms with van der Waals surface area (Å²) in [5.41, 5.74) is -0.000162. The first-order valence-corrected chi connectivity index (χ1v) is 4.59. The Bertz CT molecular complexity index is 372. The van der Waals surface area contributed by atoms with Crippen molar-refractivity contribution >= 4 is 5.69 Å².